The monoisotopic (exact) mass is 359 g/mol. The Balaban J connectivity index is 1.71. The molecule has 3 aromatic rings. The maximum Gasteiger partial charge on any atom is 0.237 e. The van der Waals surface area contributed by atoms with Gasteiger partial charge in [0.2, 0.25) is 11.1 Å². The third kappa shape index (κ3) is 3.93. The molecule has 1 amide bonds. The molecule has 0 aliphatic heterocycles. The number of hydrogen-bond donors (Lipinski definition) is 1. The molecule has 0 saturated carbocycles. The van der Waals surface area contributed by atoms with E-state index in [4.69, 9.17) is 11.6 Å². The smallest absolute Gasteiger partial charge is 0.237 e. The number of benzene rings is 2. The summed E-state index contributed by atoms with van der Waals surface area (Å²) in [5.74, 6) is -0.114. The lowest BCUT2D eigenvalue weighted by molar-refractivity contribution is -0.115. The second kappa shape index (κ2) is 7.46. The lowest BCUT2D eigenvalue weighted by Gasteiger charge is -2.11. The molecule has 24 heavy (non-hydrogen) atoms. The zero-order chi connectivity index (χ0) is 16.9. The number of hydrogen-bond acceptors (Lipinski definition) is 5. The van der Waals surface area contributed by atoms with E-state index in [0.29, 0.717) is 10.2 Å². The van der Waals surface area contributed by atoms with Crippen LogP contribution in [0.1, 0.15) is 6.92 Å². The minimum absolute atomic E-state index is 0.114. The van der Waals surface area contributed by atoms with Crippen molar-refractivity contribution in [1.82, 2.24) is 20.2 Å². The van der Waals surface area contributed by atoms with Gasteiger partial charge in [-0.1, -0.05) is 41.6 Å². The van der Waals surface area contributed by atoms with Crippen molar-refractivity contribution in [3.8, 4) is 5.69 Å². The molecule has 2 aromatic carbocycles. The van der Waals surface area contributed by atoms with Gasteiger partial charge < -0.3 is 5.32 Å². The molecule has 0 fully saturated rings. The fraction of sp³-hybridized carbons (Fsp3) is 0.125. The largest absolute Gasteiger partial charge is 0.325 e. The molecule has 0 bridgehead atoms. The molecular weight excluding hydrogens is 346 g/mol. The molecule has 0 radical (unpaired) electrons. The molecule has 0 aliphatic carbocycles. The maximum atomic E-state index is 12.3. The number of anilines is 1. The van der Waals surface area contributed by atoms with Crippen LogP contribution >= 0.6 is 23.4 Å². The van der Waals surface area contributed by atoms with E-state index in [9.17, 15) is 4.79 Å². The molecule has 1 atom stereocenters. The highest BCUT2D eigenvalue weighted by Crippen LogP contribution is 2.24. The number of nitrogens with one attached hydrogen (secondary N) is 1. The standard InChI is InChI=1S/C16H14ClN5OS/c1-11(15(23)18-13-5-3-2-4-6-13)24-16-19-20-21-22(16)14-9-7-12(17)8-10-14/h2-11H,1H3,(H,18,23)/t11-/m0/s1. The molecule has 1 N–H and O–H groups in total. The summed E-state index contributed by atoms with van der Waals surface area (Å²) in [6, 6.07) is 16.5. The van der Waals surface area contributed by atoms with Crippen LogP contribution in [-0.2, 0) is 4.79 Å². The Labute approximate surface area is 148 Å². The number of carbonyl (C=O) groups is 1. The van der Waals surface area contributed by atoms with Crippen LogP contribution in [0.3, 0.4) is 0 Å². The van der Waals surface area contributed by atoms with Crippen LogP contribution in [0, 0.1) is 0 Å². The fourth-order valence-electron chi connectivity index (χ4n) is 1.97. The maximum absolute atomic E-state index is 12.3. The van der Waals surface area contributed by atoms with Crippen molar-refractivity contribution < 1.29 is 4.79 Å². The number of thioether (sulfide) groups is 1. The van der Waals surface area contributed by atoms with E-state index in [1.807, 2.05) is 49.4 Å². The summed E-state index contributed by atoms with van der Waals surface area (Å²) >= 11 is 7.18. The lowest BCUT2D eigenvalue weighted by atomic mass is 10.3. The SMILES string of the molecule is C[C@H](Sc1nnnn1-c1ccc(Cl)cc1)C(=O)Nc1ccccc1. The Bertz CT molecular complexity index is 822. The highest BCUT2D eigenvalue weighted by atomic mass is 35.5. The van der Waals surface area contributed by atoms with E-state index in [2.05, 4.69) is 20.8 Å². The molecule has 8 heteroatoms. The Morgan fingerprint density at radius 3 is 2.58 bits per heavy atom. The van der Waals surface area contributed by atoms with Crippen molar-refractivity contribution in [2.24, 2.45) is 0 Å². The second-order valence-electron chi connectivity index (χ2n) is 4.97. The minimum Gasteiger partial charge on any atom is -0.325 e. The Morgan fingerprint density at radius 1 is 1.17 bits per heavy atom. The summed E-state index contributed by atoms with van der Waals surface area (Å²) in [4.78, 5) is 12.3. The van der Waals surface area contributed by atoms with E-state index in [-0.39, 0.29) is 11.2 Å². The van der Waals surface area contributed by atoms with Gasteiger partial charge in [-0.15, -0.1) is 5.10 Å². The van der Waals surface area contributed by atoms with Gasteiger partial charge >= 0.3 is 0 Å². The second-order valence-corrected chi connectivity index (χ2v) is 6.71. The van der Waals surface area contributed by atoms with Gasteiger partial charge in [0.05, 0.1) is 10.9 Å². The van der Waals surface area contributed by atoms with Crippen LogP contribution in [0.5, 0.6) is 0 Å². The molecule has 0 unspecified atom stereocenters. The van der Waals surface area contributed by atoms with Gasteiger partial charge in [0.1, 0.15) is 0 Å². The summed E-state index contributed by atoms with van der Waals surface area (Å²) in [5, 5.41) is 15.3. The zero-order valence-corrected chi connectivity index (χ0v) is 14.3. The Morgan fingerprint density at radius 2 is 1.88 bits per heavy atom. The van der Waals surface area contributed by atoms with E-state index in [0.717, 1.165) is 11.4 Å². The quantitative estimate of drug-likeness (QED) is 0.706. The van der Waals surface area contributed by atoms with Crippen molar-refractivity contribution in [1.29, 1.82) is 0 Å². The van der Waals surface area contributed by atoms with Crippen LogP contribution in [0.2, 0.25) is 5.02 Å². The summed E-state index contributed by atoms with van der Waals surface area (Å²) < 4.78 is 1.58. The van der Waals surface area contributed by atoms with Gasteiger partial charge in [-0.25, -0.2) is 0 Å². The lowest BCUT2D eigenvalue weighted by Crippen LogP contribution is -2.22. The van der Waals surface area contributed by atoms with Gasteiger partial charge in [-0.2, -0.15) is 4.68 Å². The number of nitrogens with zero attached hydrogens (tertiary/aromatic N) is 4. The molecule has 122 valence electrons. The molecule has 0 aliphatic rings. The molecule has 0 saturated heterocycles. The van der Waals surface area contributed by atoms with Gasteiger partial charge in [0.15, 0.2) is 0 Å². The highest BCUT2D eigenvalue weighted by molar-refractivity contribution is 8.00. The van der Waals surface area contributed by atoms with Gasteiger partial charge in [0.25, 0.3) is 0 Å². The van der Waals surface area contributed by atoms with Crippen LogP contribution in [0.15, 0.2) is 59.8 Å². The molecule has 1 aromatic heterocycles. The van der Waals surface area contributed by atoms with Crippen molar-refractivity contribution in [3.63, 3.8) is 0 Å². The number of carbonyl (C=O) groups excluding carboxylic acids is 1. The third-order valence-corrected chi connectivity index (χ3v) is 4.49. The highest BCUT2D eigenvalue weighted by Gasteiger charge is 2.19. The predicted octanol–water partition coefficient (Wildman–Crippen LogP) is 3.44. The Kier molecular flexibility index (Phi) is 5.12. The van der Waals surface area contributed by atoms with Gasteiger partial charge in [-0.05, 0) is 53.7 Å². The first-order valence-corrected chi connectivity index (χ1v) is 8.46. The molecular formula is C16H14ClN5OS. The molecule has 0 spiro atoms. The van der Waals surface area contributed by atoms with Crippen LogP contribution in [0.25, 0.3) is 5.69 Å². The van der Waals surface area contributed by atoms with Gasteiger partial charge in [0, 0.05) is 10.7 Å². The summed E-state index contributed by atoms with van der Waals surface area (Å²) in [5.41, 5.74) is 1.54. The normalized spacial score (nSPS) is 11.9. The summed E-state index contributed by atoms with van der Waals surface area (Å²) in [7, 11) is 0. The number of para-hydroxylation sites is 1. The average molecular weight is 360 g/mol. The van der Waals surface area contributed by atoms with Crippen molar-refractivity contribution in [2.75, 3.05) is 5.32 Å². The van der Waals surface area contributed by atoms with Crippen molar-refractivity contribution in [3.05, 3.63) is 59.6 Å². The zero-order valence-electron chi connectivity index (χ0n) is 12.8. The van der Waals surface area contributed by atoms with Crippen molar-refractivity contribution in [2.45, 2.75) is 17.3 Å². The summed E-state index contributed by atoms with van der Waals surface area (Å²) in [6.45, 7) is 1.81. The van der Waals surface area contributed by atoms with Crippen molar-refractivity contribution >= 4 is 35.0 Å². The molecule has 6 nitrogen and oxygen atoms in total. The fourth-order valence-corrected chi connectivity index (χ4v) is 2.91. The first-order valence-electron chi connectivity index (χ1n) is 7.20. The van der Waals surface area contributed by atoms with E-state index in [1.165, 1.54) is 11.8 Å². The van der Waals surface area contributed by atoms with Gasteiger partial charge in [-0.3, -0.25) is 4.79 Å². The van der Waals surface area contributed by atoms with E-state index >= 15 is 0 Å². The van der Waals surface area contributed by atoms with E-state index in [1.54, 1.807) is 16.8 Å². The number of amides is 1. The number of halogens is 1. The molecule has 3 rings (SSSR count). The number of tetrazole rings is 1. The first-order chi connectivity index (χ1) is 11.6. The predicted molar refractivity (Wildman–Crippen MR) is 94.6 cm³/mol. The topological polar surface area (TPSA) is 72.7 Å². The van der Waals surface area contributed by atoms with Crippen LogP contribution < -0.4 is 5.32 Å². The van der Waals surface area contributed by atoms with E-state index < -0.39 is 0 Å². The third-order valence-electron chi connectivity index (χ3n) is 3.20. The number of rotatable bonds is 5. The minimum atomic E-state index is -0.359. The Hall–Kier alpha value is -2.38. The first kappa shape index (κ1) is 16.5. The summed E-state index contributed by atoms with van der Waals surface area (Å²) in [6.07, 6.45) is 0. The molecule has 1 heterocycles. The average Bonchev–Trinajstić information content (AvgIpc) is 3.04. The van der Waals surface area contributed by atoms with Crippen LogP contribution in [0.4, 0.5) is 5.69 Å². The number of aromatic nitrogens is 4. The van der Waals surface area contributed by atoms with Crippen LogP contribution in [-0.4, -0.2) is 31.4 Å².